The first-order chi connectivity index (χ1) is 8.13. The van der Waals surface area contributed by atoms with E-state index < -0.39 is 5.54 Å². The van der Waals surface area contributed by atoms with Gasteiger partial charge in [-0.1, -0.05) is 6.42 Å². The van der Waals surface area contributed by atoms with Gasteiger partial charge in [-0.05, 0) is 38.6 Å². The number of hydrogen-bond acceptors (Lipinski definition) is 3. The monoisotopic (exact) mass is 235 g/mol. The van der Waals surface area contributed by atoms with Gasteiger partial charge in [0.15, 0.2) is 0 Å². The van der Waals surface area contributed by atoms with Crippen molar-refractivity contribution < 1.29 is 4.79 Å². The van der Waals surface area contributed by atoms with E-state index in [-0.39, 0.29) is 5.91 Å². The fourth-order valence-corrected chi connectivity index (χ4v) is 2.54. The van der Waals surface area contributed by atoms with Crippen molar-refractivity contribution in [2.24, 2.45) is 5.92 Å². The fraction of sp³-hybridized carbons (Fsp3) is 0.846. The summed E-state index contributed by atoms with van der Waals surface area (Å²) in [7, 11) is 2.05. The van der Waals surface area contributed by atoms with Crippen molar-refractivity contribution in [3.05, 3.63) is 0 Å². The second-order valence-corrected chi connectivity index (χ2v) is 5.55. The van der Waals surface area contributed by atoms with Gasteiger partial charge in [-0.25, -0.2) is 0 Å². The third kappa shape index (κ3) is 2.98. The summed E-state index contributed by atoms with van der Waals surface area (Å²) in [5.74, 6) is 0.637. The highest BCUT2D eigenvalue weighted by atomic mass is 16.1. The predicted octanol–water partition coefficient (Wildman–Crippen LogP) is 1.28. The van der Waals surface area contributed by atoms with Crippen molar-refractivity contribution in [2.75, 3.05) is 20.1 Å². The Hall–Kier alpha value is -1.08. The summed E-state index contributed by atoms with van der Waals surface area (Å²) in [5.41, 5.74) is -0.604. The molecule has 2 fully saturated rings. The lowest BCUT2D eigenvalue weighted by atomic mass is 9.82. The Kier molecular flexibility index (Phi) is 3.68. The highest BCUT2D eigenvalue weighted by Gasteiger charge is 2.35. The zero-order valence-corrected chi connectivity index (χ0v) is 10.5. The minimum absolute atomic E-state index is 0.0702. The Labute approximate surface area is 103 Å². The molecule has 2 aliphatic rings. The number of nitriles is 1. The van der Waals surface area contributed by atoms with Gasteiger partial charge in [0.2, 0.25) is 5.91 Å². The van der Waals surface area contributed by atoms with Crippen LogP contribution in [0.15, 0.2) is 0 Å². The van der Waals surface area contributed by atoms with Crippen LogP contribution in [-0.2, 0) is 4.79 Å². The average Bonchev–Trinajstić information content (AvgIpc) is 2.27. The maximum atomic E-state index is 11.9. The van der Waals surface area contributed by atoms with Crippen LogP contribution in [0.4, 0.5) is 0 Å². The standard InChI is InChI=1S/C13H21N3O/c1-16-7-5-13(10-14,6-8-16)15-12(17)9-11-3-2-4-11/h11H,2-9H2,1H3,(H,15,17). The van der Waals surface area contributed by atoms with E-state index in [4.69, 9.17) is 0 Å². The Morgan fingerprint density at radius 2 is 2.12 bits per heavy atom. The van der Waals surface area contributed by atoms with Gasteiger partial charge < -0.3 is 10.2 Å². The Balaban J connectivity index is 1.85. The van der Waals surface area contributed by atoms with Crippen LogP contribution in [0.3, 0.4) is 0 Å². The van der Waals surface area contributed by atoms with Gasteiger partial charge in [-0.2, -0.15) is 5.26 Å². The molecular formula is C13H21N3O. The molecule has 0 aromatic heterocycles. The number of hydrogen-bond donors (Lipinski definition) is 1. The zero-order chi connectivity index (χ0) is 12.3. The fourth-order valence-electron chi connectivity index (χ4n) is 2.54. The van der Waals surface area contributed by atoms with Crippen LogP contribution in [0.25, 0.3) is 0 Å². The number of nitrogens with one attached hydrogen (secondary N) is 1. The van der Waals surface area contributed by atoms with E-state index in [1.54, 1.807) is 0 Å². The Morgan fingerprint density at radius 3 is 2.59 bits per heavy atom. The molecule has 1 aliphatic carbocycles. The summed E-state index contributed by atoms with van der Waals surface area (Å²) < 4.78 is 0. The number of likely N-dealkylation sites (tertiary alicyclic amines) is 1. The van der Waals surface area contributed by atoms with Gasteiger partial charge in [0, 0.05) is 19.5 Å². The van der Waals surface area contributed by atoms with Gasteiger partial charge in [0.1, 0.15) is 5.54 Å². The lowest BCUT2D eigenvalue weighted by molar-refractivity contribution is -0.124. The van der Waals surface area contributed by atoms with Gasteiger partial charge in [0.25, 0.3) is 0 Å². The number of nitrogens with zero attached hydrogens (tertiary/aromatic N) is 2. The first kappa shape index (κ1) is 12.4. The second kappa shape index (κ2) is 5.05. The smallest absolute Gasteiger partial charge is 0.221 e. The van der Waals surface area contributed by atoms with Crippen LogP contribution >= 0.6 is 0 Å². The number of carbonyl (C=O) groups is 1. The van der Waals surface area contributed by atoms with Gasteiger partial charge in [0.05, 0.1) is 6.07 Å². The lowest BCUT2D eigenvalue weighted by Gasteiger charge is -2.36. The molecule has 1 aliphatic heterocycles. The molecule has 1 saturated heterocycles. The van der Waals surface area contributed by atoms with Crippen molar-refractivity contribution in [1.82, 2.24) is 10.2 Å². The molecule has 0 spiro atoms. The van der Waals surface area contributed by atoms with Gasteiger partial charge in [-0.3, -0.25) is 4.79 Å². The van der Waals surface area contributed by atoms with E-state index in [0.29, 0.717) is 12.3 Å². The van der Waals surface area contributed by atoms with Crippen LogP contribution < -0.4 is 5.32 Å². The maximum absolute atomic E-state index is 11.9. The van der Waals surface area contributed by atoms with Gasteiger partial charge >= 0.3 is 0 Å². The molecule has 0 radical (unpaired) electrons. The molecule has 4 nitrogen and oxygen atoms in total. The Bertz CT molecular complexity index is 322. The number of rotatable bonds is 3. The quantitative estimate of drug-likeness (QED) is 0.801. The van der Waals surface area contributed by atoms with Crippen molar-refractivity contribution in [2.45, 2.75) is 44.1 Å². The van der Waals surface area contributed by atoms with Crippen LogP contribution in [-0.4, -0.2) is 36.5 Å². The van der Waals surface area contributed by atoms with Gasteiger partial charge in [-0.15, -0.1) is 0 Å². The molecule has 0 bridgehead atoms. The molecule has 1 amide bonds. The van der Waals surface area contributed by atoms with E-state index in [2.05, 4.69) is 23.3 Å². The van der Waals surface area contributed by atoms with E-state index in [9.17, 15) is 10.1 Å². The molecule has 94 valence electrons. The summed E-state index contributed by atoms with van der Waals surface area (Å²) >= 11 is 0. The van der Waals surface area contributed by atoms with Crippen molar-refractivity contribution >= 4 is 5.91 Å². The predicted molar refractivity (Wildman–Crippen MR) is 65.2 cm³/mol. The molecule has 1 saturated carbocycles. The first-order valence-electron chi connectivity index (χ1n) is 6.54. The molecule has 2 rings (SSSR count). The Morgan fingerprint density at radius 1 is 1.47 bits per heavy atom. The summed E-state index contributed by atoms with van der Waals surface area (Å²) in [6.45, 7) is 1.77. The highest BCUT2D eigenvalue weighted by molar-refractivity contribution is 5.77. The molecule has 1 N–H and O–H groups in total. The topological polar surface area (TPSA) is 56.1 Å². The van der Waals surface area contributed by atoms with E-state index in [1.807, 2.05) is 0 Å². The minimum atomic E-state index is -0.604. The molecular weight excluding hydrogens is 214 g/mol. The third-order valence-corrected chi connectivity index (χ3v) is 4.13. The molecule has 0 atom stereocenters. The van der Waals surface area contributed by atoms with Crippen LogP contribution in [0, 0.1) is 17.2 Å². The SMILES string of the molecule is CN1CCC(C#N)(NC(=O)CC2CCC2)CC1. The van der Waals surface area contributed by atoms with Crippen LogP contribution in [0.2, 0.25) is 0 Å². The van der Waals surface area contributed by atoms with Crippen molar-refractivity contribution in [3.8, 4) is 6.07 Å². The number of carbonyl (C=O) groups excluding carboxylic acids is 1. The normalized spacial score (nSPS) is 24.7. The van der Waals surface area contributed by atoms with E-state index in [1.165, 1.54) is 19.3 Å². The molecule has 4 heteroatoms. The largest absolute Gasteiger partial charge is 0.338 e. The maximum Gasteiger partial charge on any atom is 0.221 e. The summed E-state index contributed by atoms with van der Waals surface area (Å²) in [6.07, 6.45) is 5.71. The summed E-state index contributed by atoms with van der Waals surface area (Å²) in [6, 6.07) is 2.32. The minimum Gasteiger partial charge on any atom is -0.338 e. The molecule has 0 aromatic carbocycles. The second-order valence-electron chi connectivity index (χ2n) is 5.55. The van der Waals surface area contributed by atoms with Crippen molar-refractivity contribution in [1.29, 1.82) is 5.26 Å². The molecule has 17 heavy (non-hydrogen) atoms. The van der Waals surface area contributed by atoms with Crippen LogP contribution in [0.1, 0.15) is 38.5 Å². The third-order valence-electron chi connectivity index (χ3n) is 4.13. The van der Waals surface area contributed by atoms with Crippen molar-refractivity contribution in [3.63, 3.8) is 0 Å². The first-order valence-corrected chi connectivity index (χ1v) is 6.54. The summed E-state index contributed by atoms with van der Waals surface area (Å²) in [4.78, 5) is 14.1. The van der Waals surface area contributed by atoms with E-state index in [0.717, 1.165) is 25.9 Å². The molecule has 1 heterocycles. The highest BCUT2D eigenvalue weighted by Crippen LogP contribution is 2.30. The molecule has 0 aromatic rings. The average molecular weight is 235 g/mol. The zero-order valence-electron chi connectivity index (χ0n) is 10.5. The molecule has 0 unspecified atom stereocenters. The number of amides is 1. The van der Waals surface area contributed by atoms with E-state index >= 15 is 0 Å². The summed E-state index contributed by atoms with van der Waals surface area (Å²) in [5, 5.41) is 12.3. The number of piperidine rings is 1. The lowest BCUT2D eigenvalue weighted by Crippen LogP contribution is -2.54. The van der Waals surface area contributed by atoms with Crippen LogP contribution in [0.5, 0.6) is 0 Å².